The molecule has 1 fully saturated rings. The van der Waals surface area contributed by atoms with Gasteiger partial charge >= 0.3 is 0 Å². The maximum atomic E-state index is 6.58. The third-order valence-electron chi connectivity index (χ3n) is 5.81. The van der Waals surface area contributed by atoms with E-state index in [9.17, 15) is 0 Å². The minimum absolute atomic E-state index is 0.135. The van der Waals surface area contributed by atoms with Crippen LogP contribution in [0.2, 0.25) is 0 Å². The summed E-state index contributed by atoms with van der Waals surface area (Å²) in [5, 5.41) is 4.64. The second-order valence-corrected chi connectivity index (χ2v) is 7.97. The summed E-state index contributed by atoms with van der Waals surface area (Å²) in [7, 11) is 1.73. The number of aromatic nitrogens is 2. The Morgan fingerprint density at radius 3 is 2.59 bits per heavy atom. The summed E-state index contributed by atoms with van der Waals surface area (Å²) in [6, 6.07) is 19.4. The molecule has 2 aromatic carbocycles. The Morgan fingerprint density at radius 2 is 1.90 bits per heavy atom. The highest BCUT2D eigenvalue weighted by Gasteiger charge is 2.30. The number of nitrogens with zero attached hydrogens (tertiary/aromatic N) is 3. The van der Waals surface area contributed by atoms with Crippen molar-refractivity contribution in [2.75, 3.05) is 13.7 Å². The Morgan fingerprint density at radius 1 is 1.10 bits per heavy atom. The van der Waals surface area contributed by atoms with Crippen molar-refractivity contribution in [3.63, 3.8) is 0 Å². The molecule has 5 heteroatoms. The Labute approximate surface area is 173 Å². The third-order valence-corrected chi connectivity index (χ3v) is 5.81. The fourth-order valence-electron chi connectivity index (χ4n) is 4.51. The van der Waals surface area contributed by atoms with Crippen LogP contribution in [0.4, 0.5) is 0 Å². The van der Waals surface area contributed by atoms with E-state index in [1.807, 2.05) is 17.7 Å². The molecule has 1 aliphatic rings. The molecule has 0 radical (unpaired) electrons. The number of piperidine rings is 1. The van der Waals surface area contributed by atoms with Crippen molar-refractivity contribution in [1.82, 2.24) is 14.7 Å². The number of nitrogens with two attached hydrogens (primary N) is 1. The lowest BCUT2D eigenvalue weighted by Crippen LogP contribution is -2.45. The molecule has 29 heavy (non-hydrogen) atoms. The first-order valence-corrected chi connectivity index (χ1v) is 10.3. The molecule has 1 saturated heterocycles. The number of aryl methyl sites for hydroxylation is 2. The number of likely N-dealkylation sites (tertiary alicyclic amines) is 1. The van der Waals surface area contributed by atoms with E-state index >= 15 is 0 Å². The molecule has 2 N–H and O–H groups in total. The van der Waals surface area contributed by atoms with Crippen molar-refractivity contribution in [3.8, 4) is 11.4 Å². The summed E-state index contributed by atoms with van der Waals surface area (Å²) < 4.78 is 7.69. The van der Waals surface area contributed by atoms with Crippen molar-refractivity contribution in [1.29, 1.82) is 0 Å². The quantitative estimate of drug-likeness (QED) is 0.711. The van der Waals surface area contributed by atoms with Crippen LogP contribution in [0.15, 0.2) is 54.6 Å². The number of rotatable bonds is 5. The first-order chi connectivity index (χ1) is 14.1. The molecular formula is C24H30N4O. The first kappa shape index (κ1) is 19.7. The van der Waals surface area contributed by atoms with E-state index < -0.39 is 0 Å². The fraction of sp³-hybridized carbons (Fsp3) is 0.375. The van der Waals surface area contributed by atoms with Crippen LogP contribution >= 0.6 is 0 Å². The van der Waals surface area contributed by atoms with Gasteiger partial charge in [-0.2, -0.15) is 5.10 Å². The van der Waals surface area contributed by atoms with Gasteiger partial charge < -0.3 is 10.5 Å². The van der Waals surface area contributed by atoms with Crippen LogP contribution in [0.5, 0.6) is 5.75 Å². The minimum atomic E-state index is 0.135. The van der Waals surface area contributed by atoms with E-state index in [1.165, 1.54) is 5.56 Å². The summed E-state index contributed by atoms with van der Waals surface area (Å²) in [5.41, 5.74) is 12.2. The van der Waals surface area contributed by atoms with Crippen molar-refractivity contribution in [2.24, 2.45) is 5.73 Å². The Bertz CT molecular complexity index is 966. The molecule has 0 unspecified atom stereocenters. The molecule has 1 aliphatic heterocycles. The number of methoxy groups -OCH3 is 1. The maximum Gasteiger partial charge on any atom is 0.123 e. The van der Waals surface area contributed by atoms with E-state index in [4.69, 9.17) is 10.5 Å². The molecule has 5 nitrogen and oxygen atoms in total. The molecule has 3 aromatic rings. The summed E-state index contributed by atoms with van der Waals surface area (Å²) in [6.07, 6.45) is 2.17. The normalized spacial score (nSPS) is 20.0. The van der Waals surface area contributed by atoms with Crippen LogP contribution in [-0.2, 0) is 6.54 Å². The summed E-state index contributed by atoms with van der Waals surface area (Å²) in [5.74, 6) is 0.904. The lowest BCUT2D eigenvalue weighted by atomic mass is 9.90. The predicted molar refractivity (Wildman–Crippen MR) is 116 cm³/mol. The highest BCUT2D eigenvalue weighted by atomic mass is 16.5. The van der Waals surface area contributed by atoms with Gasteiger partial charge in [0.25, 0.3) is 0 Å². The van der Waals surface area contributed by atoms with Crippen molar-refractivity contribution in [2.45, 2.75) is 45.3 Å². The molecule has 4 rings (SSSR count). The lowest BCUT2D eigenvalue weighted by Gasteiger charge is -2.40. The van der Waals surface area contributed by atoms with Gasteiger partial charge in [0.05, 0.1) is 24.5 Å². The zero-order chi connectivity index (χ0) is 20.4. The zero-order valence-electron chi connectivity index (χ0n) is 17.5. The molecular weight excluding hydrogens is 360 g/mol. The van der Waals surface area contributed by atoms with Crippen LogP contribution in [0, 0.1) is 13.8 Å². The van der Waals surface area contributed by atoms with Gasteiger partial charge in [0.1, 0.15) is 5.75 Å². The second kappa shape index (κ2) is 8.39. The zero-order valence-corrected chi connectivity index (χ0v) is 17.5. The van der Waals surface area contributed by atoms with Crippen molar-refractivity contribution < 1.29 is 4.74 Å². The molecule has 2 heterocycles. The Balaban J connectivity index is 1.68. The van der Waals surface area contributed by atoms with E-state index in [1.54, 1.807) is 7.11 Å². The van der Waals surface area contributed by atoms with E-state index in [-0.39, 0.29) is 12.1 Å². The molecule has 0 saturated carbocycles. The summed E-state index contributed by atoms with van der Waals surface area (Å²) >= 11 is 0. The summed E-state index contributed by atoms with van der Waals surface area (Å²) in [6.45, 7) is 5.93. The molecule has 0 spiro atoms. The maximum absolute atomic E-state index is 6.58. The predicted octanol–water partition coefficient (Wildman–Crippen LogP) is 4.16. The summed E-state index contributed by atoms with van der Waals surface area (Å²) in [4.78, 5) is 2.49. The molecule has 2 atom stereocenters. The van der Waals surface area contributed by atoms with E-state index in [0.717, 1.165) is 54.3 Å². The molecule has 0 aliphatic carbocycles. The minimum Gasteiger partial charge on any atom is -0.496 e. The molecule has 152 valence electrons. The fourth-order valence-corrected chi connectivity index (χ4v) is 4.51. The van der Waals surface area contributed by atoms with Gasteiger partial charge in [-0.3, -0.25) is 4.90 Å². The third kappa shape index (κ3) is 4.07. The first-order valence-electron chi connectivity index (χ1n) is 10.3. The average molecular weight is 391 g/mol. The van der Waals surface area contributed by atoms with Gasteiger partial charge in [0, 0.05) is 23.8 Å². The highest BCUT2D eigenvalue weighted by molar-refractivity contribution is 5.45. The Hall–Kier alpha value is -2.63. The monoisotopic (exact) mass is 390 g/mol. The average Bonchev–Trinajstić information content (AvgIpc) is 3.07. The smallest absolute Gasteiger partial charge is 0.123 e. The van der Waals surface area contributed by atoms with Crippen molar-refractivity contribution in [3.05, 3.63) is 77.1 Å². The number of ether oxygens (including phenoxy) is 1. The van der Waals surface area contributed by atoms with Crippen LogP contribution in [0.1, 0.15) is 41.4 Å². The van der Waals surface area contributed by atoms with Gasteiger partial charge in [0.15, 0.2) is 0 Å². The standard InChI is InChI=1S/C24H30N4O/c1-17-14-18(2)28(26-17)21-11-12-23(29-3)20(15-21)16-27-13-7-10-22(25)24(27)19-8-5-4-6-9-19/h4-6,8-9,11-12,14-15,22,24H,7,10,13,16,25H2,1-3H3/t22-,24-/m0/s1. The Kier molecular flexibility index (Phi) is 5.69. The van der Waals surface area contributed by atoms with Crippen LogP contribution in [-0.4, -0.2) is 34.4 Å². The molecule has 1 aromatic heterocycles. The second-order valence-electron chi connectivity index (χ2n) is 7.97. The molecule has 0 amide bonds. The van der Waals surface area contributed by atoms with Gasteiger partial charge in [-0.15, -0.1) is 0 Å². The van der Waals surface area contributed by atoms with Gasteiger partial charge in [0.2, 0.25) is 0 Å². The van der Waals surface area contributed by atoms with Crippen LogP contribution in [0.25, 0.3) is 5.69 Å². The van der Waals surface area contributed by atoms with E-state index in [0.29, 0.717) is 0 Å². The largest absolute Gasteiger partial charge is 0.496 e. The van der Waals surface area contributed by atoms with Crippen LogP contribution in [0.3, 0.4) is 0 Å². The van der Waals surface area contributed by atoms with Gasteiger partial charge in [-0.25, -0.2) is 4.68 Å². The van der Waals surface area contributed by atoms with Crippen molar-refractivity contribution >= 4 is 0 Å². The van der Waals surface area contributed by atoms with E-state index in [2.05, 4.69) is 65.5 Å². The number of hydrogen-bond acceptors (Lipinski definition) is 4. The van der Waals surface area contributed by atoms with Gasteiger partial charge in [-0.05, 0) is 63.1 Å². The SMILES string of the molecule is COc1ccc(-n2nc(C)cc2C)cc1CN1CCC[C@H](N)[C@@H]1c1ccccc1. The number of hydrogen-bond donors (Lipinski definition) is 1. The topological polar surface area (TPSA) is 56.3 Å². The van der Waals surface area contributed by atoms with Crippen LogP contribution < -0.4 is 10.5 Å². The lowest BCUT2D eigenvalue weighted by molar-refractivity contribution is 0.119. The number of benzene rings is 2. The molecule has 0 bridgehead atoms. The highest BCUT2D eigenvalue weighted by Crippen LogP contribution is 2.33. The van der Waals surface area contributed by atoms with Gasteiger partial charge in [-0.1, -0.05) is 30.3 Å².